The minimum absolute atomic E-state index is 0.689. The molecule has 0 N–H and O–H groups in total. The first-order valence-electron chi connectivity index (χ1n) is 7.15. The fourth-order valence-electron chi connectivity index (χ4n) is 2.40. The van der Waals surface area contributed by atoms with E-state index in [2.05, 4.69) is 4.98 Å². The topological polar surface area (TPSA) is 31.4 Å². The van der Waals surface area contributed by atoms with E-state index in [4.69, 9.17) is 21.1 Å². The molecule has 116 valence electrons. The molecule has 0 aliphatic rings. The predicted octanol–water partition coefficient (Wildman–Crippen LogP) is 5.08. The number of halogens is 1. The minimum Gasteiger partial charge on any atom is -0.493 e. The lowest BCUT2D eigenvalue weighted by Gasteiger charge is -2.10. The second-order valence-electron chi connectivity index (χ2n) is 5.01. The first-order chi connectivity index (χ1) is 11.2. The highest BCUT2D eigenvalue weighted by molar-refractivity contribution is 6.30. The van der Waals surface area contributed by atoms with Crippen molar-refractivity contribution >= 4 is 34.5 Å². The number of hydrogen-bond donors (Lipinski definition) is 0. The van der Waals surface area contributed by atoms with Crippen LogP contribution in [0.25, 0.3) is 22.9 Å². The summed E-state index contributed by atoms with van der Waals surface area (Å²) in [5.41, 5.74) is 1.94. The van der Waals surface area contributed by atoms with Crippen LogP contribution in [0.15, 0.2) is 48.7 Å². The average molecular weight is 326 g/mol. The van der Waals surface area contributed by atoms with Gasteiger partial charge in [-0.15, -0.1) is 0 Å². The number of rotatable bonds is 4. The molecule has 3 aromatic rings. The quantitative estimate of drug-likeness (QED) is 0.670. The zero-order chi connectivity index (χ0) is 16.2. The van der Waals surface area contributed by atoms with Crippen LogP contribution in [0.4, 0.5) is 0 Å². The molecular weight excluding hydrogens is 310 g/mol. The summed E-state index contributed by atoms with van der Waals surface area (Å²) in [5.74, 6) is 1.40. The first kappa shape index (κ1) is 15.4. The Morgan fingerprint density at radius 2 is 1.61 bits per heavy atom. The lowest BCUT2D eigenvalue weighted by Crippen LogP contribution is -1.92. The lowest BCUT2D eigenvalue weighted by atomic mass is 10.1. The Morgan fingerprint density at radius 3 is 2.30 bits per heavy atom. The van der Waals surface area contributed by atoms with Crippen molar-refractivity contribution in [1.82, 2.24) is 4.98 Å². The van der Waals surface area contributed by atoms with Crippen LogP contribution in [0.1, 0.15) is 11.3 Å². The van der Waals surface area contributed by atoms with Gasteiger partial charge in [-0.2, -0.15) is 0 Å². The number of aromatic nitrogens is 1. The van der Waals surface area contributed by atoms with Crippen LogP contribution in [-0.2, 0) is 0 Å². The highest BCUT2D eigenvalue weighted by atomic mass is 35.5. The molecule has 0 fully saturated rings. The van der Waals surface area contributed by atoms with Gasteiger partial charge in [-0.1, -0.05) is 29.8 Å². The molecule has 23 heavy (non-hydrogen) atoms. The van der Waals surface area contributed by atoms with Crippen molar-refractivity contribution < 1.29 is 9.47 Å². The van der Waals surface area contributed by atoms with E-state index in [0.29, 0.717) is 11.5 Å². The van der Waals surface area contributed by atoms with Crippen molar-refractivity contribution in [3.63, 3.8) is 0 Å². The summed E-state index contributed by atoms with van der Waals surface area (Å²) in [5, 5.41) is 2.78. The Kier molecular flexibility index (Phi) is 4.49. The van der Waals surface area contributed by atoms with Crippen molar-refractivity contribution in [2.75, 3.05) is 14.2 Å². The summed E-state index contributed by atoms with van der Waals surface area (Å²) < 4.78 is 10.7. The summed E-state index contributed by atoms with van der Waals surface area (Å²) in [6, 6.07) is 13.5. The Morgan fingerprint density at radius 1 is 0.913 bits per heavy atom. The SMILES string of the molecule is COc1cc2ccnc(/C=C/c3ccc(Cl)cc3)c2cc1OC. The van der Waals surface area contributed by atoms with Crippen molar-refractivity contribution in [2.24, 2.45) is 0 Å². The van der Waals surface area contributed by atoms with Crippen LogP contribution in [0, 0.1) is 0 Å². The van der Waals surface area contributed by atoms with Crippen molar-refractivity contribution in [3.05, 3.63) is 64.9 Å². The molecule has 0 saturated heterocycles. The monoisotopic (exact) mass is 325 g/mol. The number of pyridine rings is 1. The van der Waals surface area contributed by atoms with Crippen LogP contribution in [0.3, 0.4) is 0 Å². The molecule has 2 aromatic carbocycles. The predicted molar refractivity (Wildman–Crippen MR) is 95.2 cm³/mol. The second-order valence-corrected chi connectivity index (χ2v) is 5.45. The number of fused-ring (bicyclic) bond motifs is 1. The standard InChI is InChI=1S/C19H16ClNO2/c1-22-18-11-14-9-10-21-17(16(14)12-19(18)23-2)8-5-13-3-6-15(20)7-4-13/h3-12H,1-2H3/b8-5+. The lowest BCUT2D eigenvalue weighted by molar-refractivity contribution is 0.356. The molecule has 0 aliphatic carbocycles. The zero-order valence-corrected chi connectivity index (χ0v) is 13.7. The molecule has 1 heterocycles. The molecule has 4 heteroatoms. The van der Waals surface area contributed by atoms with Gasteiger partial charge in [0.2, 0.25) is 0 Å². The third-order valence-electron chi connectivity index (χ3n) is 3.60. The summed E-state index contributed by atoms with van der Waals surface area (Å²) >= 11 is 5.91. The Hall–Kier alpha value is -2.52. The number of benzene rings is 2. The molecule has 0 radical (unpaired) electrons. The fourth-order valence-corrected chi connectivity index (χ4v) is 2.53. The van der Waals surface area contributed by atoms with Crippen molar-refractivity contribution in [1.29, 1.82) is 0 Å². The van der Waals surface area contributed by atoms with Gasteiger partial charge in [-0.25, -0.2) is 0 Å². The Balaban J connectivity index is 2.05. The van der Waals surface area contributed by atoms with Gasteiger partial charge in [0.25, 0.3) is 0 Å². The molecule has 3 rings (SSSR count). The highest BCUT2D eigenvalue weighted by Crippen LogP contribution is 2.33. The van der Waals surface area contributed by atoms with E-state index in [1.165, 1.54) is 0 Å². The molecule has 0 atom stereocenters. The van der Waals surface area contributed by atoms with E-state index in [1.807, 2.05) is 54.6 Å². The van der Waals surface area contributed by atoms with E-state index >= 15 is 0 Å². The number of nitrogens with zero attached hydrogens (tertiary/aromatic N) is 1. The third kappa shape index (κ3) is 3.30. The van der Waals surface area contributed by atoms with E-state index in [1.54, 1.807) is 20.4 Å². The van der Waals surface area contributed by atoms with Crippen LogP contribution in [0.5, 0.6) is 11.5 Å². The van der Waals surface area contributed by atoms with Gasteiger partial charge in [0.15, 0.2) is 11.5 Å². The van der Waals surface area contributed by atoms with Gasteiger partial charge in [0.1, 0.15) is 0 Å². The van der Waals surface area contributed by atoms with Gasteiger partial charge in [0.05, 0.1) is 19.9 Å². The highest BCUT2D eigenvalue weighted by Gasteiger charge is 2.08. The van der Waals surface area contributed by atoms with Crippen LogP contribution in [0.2, 0.25) is 5.02 Å². The van der Waals surface area contributed by atoms with Gasteiger partial charge in [-0.3, -0.25) is 4.98 Å². The third-order valence-corrected chi connectivity index (χ3v) is 3.86. The summed E-state index contributed by atoms with van der Waals surface area (Å²) in [6.07, 6.45) is 5.78. The molecule has 1 aromatic heterocycles. The molecule has 0 saturated carbocycles. The number of hydrogen-bond acceptors (Lipinski definition) is 3. The number of ether oxygens (including phenoxy) is 2. The van der Waals surface area contributed by atoms with E-state index in [9.17, 15) is 0 Å². The summed E-state index contributed by atoms with van der Waals surface area (Å²) in [6.45, 7) is 0. The maximum absolute atomic E-state index is 5.91. The summed E-state index contributed by atoms with van der Waals surface area (Å²) in [4.78, 5) is 4.46. The molecule has 0 aliphatic heterocycles. The Bertz CT molecular complexity index is 857. The van der Waals surface area contributed by atoms with Gasteiger partial charge in [0, 0.05) is 16.6 Å². The molecular formula is C19H16ClNO2. The van der Waals surface area contributed by atoms with Crippen molar-refractivity contribution in [2.45, 2.75) is 0 Å². The minimum atomic E-state index is 0.689. The maximum atomic E-state index is 5.91. The molecule has 0 spiro atoms. The van der Waals surface area contributed by atoms with Crippen molar-refractivity contribution in [3.8, 4) is 11.5 Å². The molecule has 0 unspecified atom stereocenters. The van der Waals surface area contributed by atoms with Gasteiger partial charge < -0.3 is 9.47 Å². The van der Waals surface area contributed by atoms with Crippen LogP contribution < -0.4 is 9.47 Å². The van der Waals surface area contributed by atoms with E-state index in [0.717, 1.165) is 27.1 Å². The molecule has 0 amide bonds. The van der Waals surface area contributed by atoms with E-state index in [-0.39, 0.29) is 0 Å². The fraction of sp³-hybridized carbons (Fsp3) is 0.105. The molecule has 0 bridgehead atoms. The first-order valence-corrected chi connectivity index (χ1v) is 7.53. The van der Waals surface area contributed by atoms with Gasteiger partial charge >= 0.3 is 0 Å². The van der Waals surface area contributed by atoms with Gasteiger partial charge in [-0.05, 0) is 47.4 Å². The van der Waals surface area contributed by atoms with E-state index < -0.39 is 0 Å². The second kappa shape index (κ2) is 6.71. The Labute approximate surface area is 140 Å². The molecule has 3 nitrogen and oxygen atoms in total. The van der Waals surface area contributed by atoms with Crippen LogP contribution in [-0.4, -0.2) is 19.2 Å². The average Bonchev–Trinajstić information content (AvgIpc) is 2.60. The smallest absolute Gasteiger partial charge is 0.161 e. The largest absolute Gasteiger partial charge is 0.493 e. The zero-order valence-electron chi connectivity index (χ0n) is 12.9. The number of methoxy groups -OCH3 is 2. The summed E-state index contributed by atoms with van der Waals surface area (Å²) in [7, 11) is 3.26. The van der Waals surface area contributed by atoms with Crippen LogP contribution >= 0.6 is 11.6 Å². The maximum Gasteiger partial charge on any atom is 0.161 e. The normalized spacial score (nSPS) is 11.1.